The Morgan fingerprint density at radius 2 is 0.958 bits per heavy atom. The molecule has 0 N–H and O–H groups in total. The van der Waals surface area contributed by atoms with E-state index < -0.39 is 0 Å². The van der Waals surface area contributed by atoms with E-state index in [0.29, 0.717) is 0 Å². The second-order valence-corrected chi connectivity index (χ2v) is 6.10. The lowest BCUT2D eigenvalue weighted by Gasteiger charge is -2.25. The minimum Gasteiger partial charge on any atom is -0.311 e. The normalized spacial score (nSPS) is 11.0. The Hall–Kier alpha value is -2.80. The first-order valence-corrected chi connectivity index (χ1v) is 8.33. The quantitative estimate of drug-likeness (QED) is 0.511. The molecule has 1 heteroatoms. The molecule has 0 aliphatic heterocycles. The van der Waals surface area contributed by atoms with Crippen molar-refractivity contribution in [2.75, 3.05) is 4.90 Å². The zero-order chi connectivity index (χ0) is 16.9. The van der Waals surface area contributed by atoms with E-state index in [9.17, 15) is 0 Å². The Morgan fingerprint density at radius 1 is 0.583 bits per heavy atom. The minimum absolute atomic E-state index is 1.16. The standard InChI is InChI=1S/C23H23N/c1-4-5-20-10-16-23(17-11-20)24(21-12-6-18(2)7-13-21)22-14-8-19(3)9-15-22/h4-17H,1-3H3. The van der Waals surface area contributed by atoms with E-state index in [1.165, 1.54) is 28.1 Å². The van der Waals surface area contributed by atoms with E-state index in [-0.39, 0.29) is 0 Å². The maximum absolute atomic E-state index is 2.29. The van der Waals surface area contributed by atoms with Gasteiger partial charge in [-0.05, 0) is 62.7 Å². The van der Waals surface area contributed by atoms with Gasteiger partial charge < -0.3 is 4.90 Å². The van der Waals surface area contributed by atoms with Gasteiger partial charge in [0.05, 0.1) is 0 Å². The maximum atomic E-state index is 2.29. The van der Waals surface area contributed by atoms with Crippen molar-refractivity contribution in [2.24, 2.45) is 0 Å². The van der Waals surface area contributed by atoms with E-state index in [0.717, 1.165) is 5.69 Å². The number of anilines is 3. The predicted octanol–water partition coefficient (Wildman–Crippen LogP) is 6.81. The zero-order valence-corrected chi connectivity index (χ0v) is 14.5. The first-order chi connectivity index (χ1) is 11.7. The topological polar surface area (TPSA) is 3.24 Å². The van der Waals surface area contributed by atoms with Gasteiger partial charge in [-0.15, -0.1) is 0 Å². The van der Waals surface area contributed by atoms with Gasteiger partial charge >= 0.3 is 0 Å². The number of rotatable bonds is 4. The van der Waals surface area contributed by atoms with Gasteiger partial charge in [-0.2, -0.15) is 0 Å². The SMILES string of the molecule is CC=Cc1ccc(N(c2ccc(C)cc2)c2ccc(C)cc2)cc1. The molecule has 0 fully saturated rings. The van der Waals surface area contributed by atoms with Crippen molar-refractivity contribution in [2.45, 2.75) is 20.8 Å². The third kappa shape index (κ3) is 3.57. The highest BCUT2D eigenvalue weighted by molar-refractivity contribution is 5.77. The lowest BCUT2D eigenvalue weighted by atomic mass is 10.1. The fourth-order valence-electron chi connectivity index (χ4n) is 2.76. The number of allylic oxidation sites excluding steroid dienone is 1. The molecule has 0 amide bonds. The van der Waals surface area contributed by atoms with Crippen LogP contribution in [0, 0.1) is 13.8 Å². The van der Waals surface area contributed by atoms with E-state index in [4.69, 9.17) is 0 Å². The molecule has 1 nitrogen and oxygen atoms in total. The summed E-state index contributed by atoms with van der Waals surface area (Å²) in [5, 5.41) is 0. The van der Waals surface area contributed by atoms with Crippen LogP contribution in [0.2, 0.25) is 0 Å². The van der Waals surface area contributed by atoms with Crippen molar-refractivity contribution in [3.63, 3.8) is 0 Å². The van der Waals surface area contributed by atoms with Crippen LogP contribution in [0.4, 0.5) is 17.1 Å². The molecule has 0 saturated carbocycles. The summed E-state index contributed by atoms with van der Waals surface area (Å²) in [7, 11) is 0. The lowest BCUT2D eigenvalue weighted by molar-refractivity contribution is 1.27. The number of hydrogen-bond acceptors (Lipinski definition) is 1. The summed E-state index contributed by atoms with van der Waals surface area (Å²) in [5.41, 5.74) is 7.26. The van der Waals surface area contributed by atoms with Crippen LogP contribution in [0.5, 0.6) is 0 Å². The molecule has 3 aromatic rings. The van der Waals surface area contributed by atoms with E-state index >= 15 is 0 Å². The molecule has 0 saturated heterocycles. The van der Waals surface area contributed by atoms with Crippen molar-refractivity contribution < 1.29 is 0 Å². The smallest absolute Gasteiger partial charge is 0.0462 e. The summed E-state index contributed by atoms with van der Waals surface area (Å²) in [6.45, 7) is 6.27. The van der Waals surface area contributed by atoms with Gasteiger partial charge in [0.15, 0.2) is 0 Å². The second-order valence-electron chi connectivity index (χ2n) is 6.10. The minimum atomic E-state index is 1.16. The summed E-state index contributed by atoms with van der Waals surface area (Å²) < 4.78 is 0. The highest BCUT2D eigenvalue weighted by Crippen LogP contribution is 2.34. The third-order valence-electron chi connectivity index (χ3n) is 4.09. The van der Waals surface area contributed by atoms with Crippen LogP contribution in [-0.2, 0) is 0 Å². The van der Waals surface area contributed by atoms with Crippen LogP contribution in [0.25, 0.3) is 6.08 Å². The molecule has 3 aromatic carbocycles. The van der Waals surface area contributed by atoms with E-state index in [1.54, 1.807) is 0 Å². The average molecular weight is 313 g/mol. The van der Waals surface area contributed by atoms with Gasteiger partial charge in [0.25, 0.3) is 0 Å². The largest absolute Gasteiger partial charge is 0.311 e. The van der Waals surface area contributed by atoms with Gasteiger partial charge in [0.1, 0.15) is 0 Å². The third-order valence-corrected chi connectivity index (χ3v) is 4.09. The molecule has 0 aromatic heterocycles. The van der Waals surface area contributed by atoms with Crippen molar-refractivity contribution in [3.05, 3.63) is 95.6 Å². The predicted molar refractivity (Wildman–Crippen MR) is 105 cm³/mol. The van der Waals surface area contributed by atoms with Crippen LogP contribution in [0.3, 0.4) is 0 Å². The monoisotopic (exact) mass is 313 g/mol. The van der Waals surface area contributed by atoms with Crippen LogP contribution in [0.1, 0.15) is 23.6 Å². The summed E-state index contributed by atoms with van der Waals surface area (Å²) in [6, 6.07) is 26.0. The molecule has 0 radical (unpaired) electrons. The molecule has 0 aliphatic rings. The van der Waals surface area contributed by atoms with Gasteiger partial charge in [0, 0.05) is 17.1 Å². The molecule has 24 heavy (non-hydrogen) atoms. The molecular formula is C23H23N. The molecule has 0 spiro atoms. The highest BCUT2D eigenvalue weighted by Gasteiger charge is 2.11. The first kappa shape index (κ1) is 16.1. The number of aryl methyl sites for hydroxylation is 2. The number of nitrogens with zero attached hydrogens (tertiary/aromatic N) is 1. The molecular weight excluding hydrogens is 290 g/mol. The van der Waals surface area contributed by atoms with Crippen LogP contribution >= 0.6 is 0 Å². The van der Waals surface area contributed by atoms with Crippen LogP contribution in [0.15, 0.2) is 78.9 Å². The number of hydrogen-bond donors (Lipinski definition) is 0. The van der Waals surface area contributed by atoms with Crippen LogP contribution < -0.4 is 4.90 Å². The fourth-order valence-corrected chi connectivity index (χ4v) is 2.76. The van der Waals surface area contributed by atoms with Crippen molar-refractivity contribution in [1.82, 2.24) is 0 Å². The van der Waals surface area contributed by atoms with E-state index in [2.05, 4.69) is 104 Å². The molecule has 0 atom stereocenters. The van der Waals surface area contributed by atoms with Crippen molar-refractivity contribution in [1.29, 1.82) is 0 Å². The van der Waals surface area contributed by atoms with Gasteiger partial charge in [-0.3, -0.25) is 0 Å². The summed E-state index contributed by atoms with van der Waals surface area (Å²) >= 11 is 0. The Bertz CT molecular complexity index is 764. The second kappa shape index (κ2) is 7.18. The van der Waals surface area contributed by atoms with Gasteiger partial charge in [-0.1, -0.05) is 59.7 Å². The first-order valence-electron chi connectivity index (χ1n) is 8.33. The van der Waals surface area contributed by atoms with Gasteiger partial charge in [0.2, 0.25) is 0 Å². The molecule has 0 bridgehead atoms. The summed E-state index contributed by atoms with van der Waals surface area (Å²) in [4.78, 5) is 2.29. The number of benzene rings is 3. The molecule has 120 valence electrons. The van der Waals surface area contributed by atoms with E-state index in [1.807, 2.05) is 6.92 Å². The summed E-state index contributed by atoms with van der Waals surface area (Å²) in [6.07, 6.45) is 4.18. The fraction of sp³-hybridized carbons (Fsp3) is 0.130. The van der Waals surface area contributed by atoms with Gasteiger partial charge in [-0.25, -0.2) is 0 Å². The van der Waals surface area contributed by atoms with Crippen molar-refractivity contribution in [3.8, 4) is 0 Å². The van der Waals surface area contributed by atoms with Crippen molar-refractivity contribution >= 4 is 23.1 Å². The Balaban J connectivity index is 2.07. The summed E-state index contributed by atoms with van der Waals surface area (Å²) in [5.74, 6) is 0. The Labute approximate surface area is 144 Å². The van der Waals surface area contributed by atoms with Crippen LogP contribution in [-0.4, -0.2) is 0 Å². The Kier molecular flexibility index (Phi) is 4.81. The molecule has 3 rings (SSSR count). The highest BCUT2D eigenvalue weighted by atomic mass is 15.1. The zero-order valence-electron chi connectivity index (χ0n) is 14.5. The molecule has 0 aliphatic carbocycles. The Morgan fingerprint density at radius 3 is 1.33 bits per heavy atom. The molecule has 0 unspecified atom stereocenters. The average Bonchev–Trinajstić information content (AvgIpc) is 2.60. The molecule has 0 heterocycles. The maximum Gasteiger partial charge on any atom is 0.0462 e. The lowest BCUT2D eigenvalue weighted by Crippen LogP contribution is -2.09.